The van der Waals surface area contributed by atoms with Gasteiger partial charge in [-0.2, -0.15) is 10.1 Å². The summed E-state index contributed by atoms with van der Waals surface area (Å²) in [5.41, 5.74) is 1.85. The SMILES string of the molecule is COc1ccc([C@H]2C=C(c3ccco3)Nc3ncnn32)cc1OC. The molecule has 1 atom stereocenters. The third kappa shape index (κ3) is 2.30. The van der Waals surface area contributed by atoms with Crippen LogP contribution in [0, 0.1) is 0 Å². The lowest BCUT2D eigenvalue weighted by Gasteiger charge is -2.24. The van der Waals surface area contributed by atoms with Crippen molar-refractivity contribution in [2.45, 2.75) is 6.04 Å². The summed E-state index contributed by atoms with van der Waals surface area (Å²) in [6, 6.07) is 9.42. The van der Waals surface area contributed by atoms with Crippen LogP contribution in [0.2, 0.25) is 0 Å². The number of benzene rings is 1. The third-order valence-corrected chi connectivity index (χ3v) is 3.94. The lowest BCUT2D eigenvalue weighted by Crippen LogP contribution is -2.20. The van der Waals surface area contributed by atoms with E-state index in [2.05, 4.69) is 15.4 Å². The maximum absolute atomic E-state index is 5.50. The molecule has 4 rings (SSSR count). The molecule has 0 unspecified atom stereocenters. The molecule has 1 N–H and O–H groups in total. The Balaban J connectivity index is 1.81. The Kier molecular flexibility index (Phi) is 3.45. The van der Waals surface area contributed by atoms with Gasteiger partial charge in [0, 0.05) is 0 Å². The third-order valence-electron chi connectivity index (χ3n) is 3.94. The highest BCUT2D eigenvalue weighted by atomic mass is 16.5. The van der Waals surface area contributed by atoms with Gasteiger partial charge in [-0.05, 0) is 35.9 Å². The average Bonchev–Trinajstić information content (AvgIpc) is 3.31. The Labute approximate surface area is 138 Å². The fourth-order valence-corrected chi connectivity index (χ4v) is 2.78. The lowest BCUT2D eigenvalue weighted by molar-refractivity contribution is 0.354. The highest BCUT2D eigenvalue weighted by Gasteiger charge is 2.25. The quantitative estimate of drug-likeness (QED) is 0.795. The second-order valence-electron chi connectivity index (χ2n) is 5.27. The Morgan fingerprint density at radius 3 is 2.79 bits per heavy atom. The highest BCUT2D eigenvalue weighted by molar-refractivity contribution is 5.74. The number of rotatable bonds is 4. The molecule has 0 aliphatic carbocycles. The number of aromatic nitrogens is 3. The van der Waals surface area contributed by atoms with Gasteiger partial charge in [-0.1, -0.05) is 6.07 Å². The molecule has 0 bridgehead atoms. The van der Waals surface area contributed by atoms with Crippen molar-refractivity contribution in [2.75, 3.05) is 19.5 Å². The first kappa shape index (κ1) is 14.4. The molecule has 0 saturated carbocycles. The smallest absolute Gasteiger partial charge is 0.226 e. The number of anilines is 1. The summed E-state index contributed by atoms with van der Waals surface area (Å²) in [5.74, 6) is 2.76. The van der Waals surface area contributed by atoms with Crippen LogP contribution in [0.15, 0.2) is 53.4 Å². The molecule has 0 spiro atoms. The van der Waals surface area contributed by atoms with Crippen molar-refractivity contribution < 1.29 is 13.9 Å². The van der Waals surface area contributed by atoms with Crippen molar-refractivity contribution in [3.63, 3.8) is 0 Å². The molecule has 0 amide bonds. The van der Waals surface area contributed by atoms with Gasteiger partial charge in [0.25, 0.3) is 0 Å². The molecule has 0 radical (unpaired) electrons. The molecule has 7 heteroatoms. The fourth-order valence-electron chi connectivity index (χ4n) is 2.78. The normalized spacial score (nSPS) is 16.1. The molecule has 1 aromatic carbocycles. The zero-order chi connectivity index (χ0) is 16.5. The van der Waals surface area contributed by atoms with Crippen molar-refractivity contribution >= 4 is 11.6 Å². The Morgan fingerprint density at radius 2 is 2.04 bits per heavy atom. The van der Waals surface area contributed by atoms with Crippen LogP contribution in [0.3, 0.4) is 0 Å². The van der Waals surface area contributed by atoms with E-state index in [0.29, 0.717) is 17.4 Å². The minimum atomic E-state index is -0.136. The van der Waals surface area contributed by atoms with E-state index < -0.39 is 0 Å². The van der Waals surface area contributed by atoms with Gasteiger partial charge in [0.2, 0.25) is 5.95 Å². The number of ether oxygens (including phenoxy) is 2. The Morgan fingerprint density at radius 1 is 1.17 bits per heavy atom. The number of nitrogens with one attached hydrogen (secondary N) is 1. The van der Waals surface area contributed by atoms with E-state index in [-0.39, 0.29) is 6.04 Å². The zero-order valence-electron chi connectivity index (χ0n) is 13.3. The van der Waals surface area contributed by atoms with Gasteiger partial charge in [-0.15, -0.1) is 0 Å². The van der Waals surface area contributed by atoms with E-state index in [1.165, 1.54) is 6.33 Å². The van der Waals surface area contributed by atoms with Crippen molar-refractivity contribution in [2.24, 2.45) is 0 Å². The summed E-state index contributed by atoms with van der Waals surface area (Å²) < 4.78 is 18.0. The maximum Gasteiger partial charge on any atom is 0.226 e. The predicted molar refractivity (Wildman–Crippen MR) is 88.0 cm³/mol. The Hall–Kier alpha value is -3.22. The second-order valence-corrected chi connectivity index (χ2v) is 5.27. The number of fused-ring (bicyclic) bond motifs is 1. The fraction of sp³-hybridized carbons (Fsp3) is 0.176. The molecular weight excluding hydrogens is 308 g/mol. The molecule has 7 nitrogen and oxygen atoms in total. The summed E-state index contributed by atoms with van der Waals surface area (Å²) in [4.78, 5) is 4.27. The van der Waals surface area contributed by atoms with E-state index in [1.807, 2.05) is 41.1 Å². The number of hydrogen-bond donors (Lipinski definition) is 1. The largest absolute Gasteiger partial charge is 0.493 e. The molecule has 122 valence electrons. The van der Waals surface area contributed by atoms with Crippen LogP contribution in [-0.2, 0) is 0 Å². The molecule has 1 aliphatic heterocycles. The molecule has 0 saturated heterocycles. The van der Waals surface area contributed by atoms with E-state index in [4.69, 9.17) is 13.9 Å². The van der Waals surface area contributed by atoms with Crippen LogP contribution in [0.5, 0.6) is 11.5 Å². The summed E-state index contributed by atoms with van der Waals surface area (Å²) in [5, 5.41) is 7.56. The summed E-state index contributed by atoms with van der Waals surface area (Å²) >= 11 is 0. The zero-order valence-corrected chi connectivity index (χ0v) is 13.3. The first-order valence-corrected chi connectivity index (χ1v) is 7.44. The molecule has 24 heavy (non-hydrogen) atoms. The summed E-state index contributed by atoms with van der Waals surface area (Å²) in [6.45, 7) is 0. The summed E-state index contributed by atoms with van der Waals surface area (Å²) in [7, 11) is 3.24. The van der Waals surface area contributed by atoms with E-state index in [9.17, 15) is 0 Å². The molecule has 3 heterocycles. The maximum atomic E-state index is 5.50. The van der Waals surface area contributed by atoms with Crippen LogP contribution in [-0.4, -0.2) is 29.0 Å². The van der Waals surface area contributed by atoms with Gasteiger partial charge in [0.05, 0.1) is 26.2 Å². The standard InChI is InChI=1S/C17H16N4O3/c1-22-15-6-5-11(8-16(15)23-2)13-9-12(14-4-3-7-24-14)20-17-18-10-19-21(13)17/h3-10,13H,1-2H3,(H,18,19,20)/t13-/m1/s1. The van der Waals surface area contributed by atoms with Gasteiger partial charge in [-0.25, -0.2) is 4.68 Å². The van der Waals surface area contributed by atoms with Crippen molar-refractivity contribution in [1.29, 1.82) is 0 Å². The second kappa shape index (κ2) is 5.77. The van der Waals surface area contributed by atoms with Crippen molar-refractivity contribution in [3.05, 3.63) is 60.3 Å². The van der Waals surface area contributed by atoms with E-state index >= 15 is 0 Å². The van der Waals surface area contributed by atoms with E-state index in [0.717, 1.165) is 17.0 Å². The van der Waals surface area contributed by atoms with Gasteiger partial charge in [0.1, 0.15) is 18.1 Å². The number of methoxy groups -OCH3 is 2. The predicted octanol–water partition coefficient (Wildman–Crippen LogP) is 2.94. The van der Waals surface area contributed by atoms with E-state index in [1.54, 1.807) is 20.5 Å². The summed E-state index contributed by atoms with van der Waals surface area (Å²) in [6.07, 6.45) is 5.21. The highest BCUT2D eigenvalue weighted by Crippen LogP contribution is 2.36. The van der Waals surface area contributed by atoms with Gasteiger partial charge in [0.15, 0.2) is 11.5 Å². The monoisotopic (exact) mass is 324 g/mol. The number of hydrogen-bond acceptors (Lipinski definition) is 6. The van der Waals surface area contributed by atoms with Crippen molar-refractivity contribution in [1.82, 2.24) is 14.8 Å². The van der Waals surface area contributed by atoms with Crippen LogP contribution < -0.4 is 14.8 Å². The molecule has 2 aromatic heterocycles. The topological polar surface area (TPSA) is 74.3 Å². The van der Waals surface area contributed by atoms with Crippen LogP contribution in [0.1, 0.15) is 17.4 Å². The number of nitrogens with zero attached hydrogens (tertiary/aromatic N) is 3. The van der Waals surface area contributed by atoms with Crippen molar-refractivity contribution in [3.8, 4) is 11.5 Å². The first-order chi connectivity index (χ1) is 11.8. The minimum Gasteiger partial charge on any atom is -0.493 e. The van der Waals surface area contributed by atoms with Crippen LogP contribution >= 0.6 is 0 Å². The molecule has 1 aliphatic rings. The first-order valence-electron chi connectivity index (χ1n) is 7.44. The van der Waals surface area contributed by atoms with Gasteiger partial charge >= 0.3 is 0 Å². The molecule has 3 aromatic rings. The number of allylic oxidation sites excluding steroid dienone is 1. The molecule has 0 fully saturated rings. The Bertz CT molecular complexity index is 883. The lowest BCUT2D eigenvalue weighted by atomic mass is 10.0. The minimum absolute atomic E-state index is 0.136. The van der Waals surface area contributed by atoms with Crippen LogP contribution in [0.25, 0.3) is 5.70 Å². The number of furan rings is 1. The van der Waals surface area contributed by atoms with Crippen LogP contribution in [0.4, 0.5) is 5.95 Å². The van der Waals surface area contributed by atoms with Gasteiger partial charge < -0.3 is 19.2 Å². The molecular formula is C17H16N4O3. The van der Waals surface area contributed by atoms with Gasteiger partial charge in [-0.3, -0.25) is 0 Å². The average molecular weight is 324 g/mol.